The minimum Gasteiger partial charge on any atom is -0.452 e. The number of fused-ring (bicyclic) bond motifs is 3. The van der Waals surface area contributed by atoms with Crippen LogP contribution in [0.1, 0.15) is 47.1 Å². The maximum Gasteiger partial charge on any atom is 0.225 e. The zero-order valence-electron chi connectivity index (χ0n) is 10.7. The van der Waals surface area contributed by atoms with Crippen molar-refractivity contribution < 1.29 is 14.0 Å². The Balaban J connectivity index is 2.12. The fraction of sp³-hybridized carbons (Fsp3) is 0.250. The normalized spacial score (nSPS) is 14.7. The van der Waals surface area contributed by atoms with E-state index in [1.807, 2.05) is 18.2 Å². The molecule has 96 valence electrons. The largest absolute Gasteiger partial charge is 0.452 e. The third-order valence-corrected chi connectivity index (χ3v) is 3.44. The predicted octanol–water partition coefficient (Wildman–Crippen LogP) is 3.93. The molecule has 0 bridgehead atoms. The number of allylic oxidation sites excluding steroid dienone is 2. The van der Waals surface area contributed by atoms with Gasteiger partial charge in [0.2, 0.25) is 5.78 Å². The van der Waals surface area contributed by atoms with Crippen molar-refractivity contribution in [3.63, 3.8) is 0 Å². The van der Waals surface area contributed by atoms with E-state index in [4.69, 9.17) is 4.42 Å². The molecule has 0 atom stereocenters. The molecule has 1 aliphatic rings. The molecule has 0 unspecified atom stereocenters. The first kappa shape index (κ1) is 11.9. The number of carbonyl (C=O) groups excluding carboxylic acids is 2. The average Bonchev–Trinajstić information content (AvgIpc) is 2.81. The van der Waals surface area contributed by atoms with Crippen molar-refractivity contribution in [3.8, 4) is 0 Å². The summed E-state index contributed by atoms with van der Waals surface area (Å²) >= 11 is 0. The van der Waals surface area contributed by atoms with Gasteiger partial charge in [-0.3, -0.25) is 9.59 Å². The first-order chi connectivity index (χ1) is 9.22. The number of furan rings is 1. The number of Topliss-reactive ketones (excluding diaryl/α,β-unsaturated/α-hetero) is 1. The van der Waals surface area contributed by atoms with E-state index in [2.05, 4.69) is 6.92 Å². The van der Waals surface area contributed by atoms with Crippen LogP contribution < -0.4 is 0 Å². The molecule has 0 saturated heterocycles. The van der Waals surface area contributed by atoms with Crippen LogP contribution in [0.4, 0.5) is 0 Å². The molecular formula is C16H14O3. The summed E-state index contributed by atoms with van der Waals surface area (Å²) in [7, 11) is 0. The van der Waals surface area contributed by atoms with Gasteiger partial charge >= 0.3 is 0 Å². The summed E-state index contributed by atoms with van der Waals surface area (Å²) in [6.45, 7) is 2.06. The molecule has 3 nitrogen and oxygen atoms in total. The van der Waals surface area contributed by atoms with Crippen molar-refractivity contribution in [2.75, 3.05) is 0 Å². The Morgan fingerprint density at radius 3 is 2.74 bits per heavy atom. The van der Waals surface area contributed by atoms with Gasteiger partial charge in [0.05, 0.1) is 5.56 Å². The first-order valence-corrected chi connectivity index (χ1v) is 6.53. The minimum absolute atomic E-state index is 0.120. The molecule has 0 saturated carbocycles. The molecule has 0 N–H and O–H groups in total. The van der Waals surface area contributed by atoms with Crippen molar-refractivity contribution in [3.05, 3.63) is 47.2 Å². The van der Waals surface area contributed by atoms with Gasteiger partial charge in [0, 0.05) is 11.0 Å². The average molecular weight is 254 g/mol. The van der Waals surface area contributed by atoms with Gasteiger partial charge in [-0.05, 0) is 25.0 Å². The number of ketones is 2. The summed E-state index contributed by atoms with van der Waals surface area (Å²) < 4.78 is 5.57. The smallest absolute Gasteiger partial charge is 0.225 e. The standard InChI is InChI=1S/C16H14O3/c1-2-3-6-10-9-12(17)14-11-7-4-5-8-13(11)19-16(14)15(10)18/h4-5,7-9H,2-3,6H2,1H3. The number of rotatable bonds is 3. The third-order valence-electron chi connectivity index (χ3n) is 3.44. The van der Waals surface area contributed by atoms with E-state index in [-0.39, 0.29) is 17.3 Å². The van der Waals surface area contributed by atoms with Crippen molar-refractivity contribution in [1.29, 1.82) is 0 Å². The van der Waals surface area contributed by atoms with Crippen molar-refractivity contribution in [2.45, 2.75) is 26.2 Å². The van der Waals surface area contributed by atoms with Crippen molar-refractivity contribution in [2.24, 2.45) is 0 Å². The Morgan fingerprint density at radius 1 is 1.16 bits per heavy atom. The summed E-state index contributed by atoms with van der Waals surface area (Å²) in [5.74, 6) is -0.0512. The second kappa shape index (κ2) is 4.50. The zero-order valence-corrected chi connectivity index (χ0v) is 10.7. The van der Waals surface area contributed by atoms with Crippen LogP contribution in [0.15, 0.2) is 40.3 Å². The maximum absolute atomic E-state index is 12.3. The van der Waals surface area contributed by atoms with Gasteiger partial charge < -0.3 is 4.42 Å². The van der Waals surface area contributed by atoms with E-state index in [0.29, 0.717) is 23.1 Å². The summed E-state index contributed by atoms with van der Waals surface area (Å²) in [5.41, 5.74) is 1.58. The number of para-hydroxylation sites is 1. The summed E-state index contributed by atoms with van der Waals surface area (Å²) in [6.07, 6.45) is 4.01. The molecule has 1 heterocycles. The Kier molecular flexibility index (Phi) is 2.82. The summed E-state index contributed by atoms with van der Waals surface area (Å²) in [6, 6.07) is 7.26. The fourth-order valence-corrected chi connectivity index (χ4v) is 2.44. The fourth-order valence-electron chi connectivity index (χ4n) is 2.44. The maximum atomic E-state index is 12.3. The SMILES string of the molecule is CCCCC1=CC(=O)c2c(oc3ccccc23)C1=O. The summed E-state index contributed by atoms with van der Waals surface area (Å²) in [5, 5.41) is 0.724. The van der Waals surface area contributed by atoms with E-state index in [1.54, 1.807) is 6.07 Å². The Labute approximate surface area is 110 Å². The van der Waals surface area contributed by atoms with Crippen molar-refractivity contribution >= 4 is 22.5 Å². The molecule has 0 amide bonds. The highest BCUT2D eigenvalue weighted by Gasteiger charge is 2.31. The predicted molar refractivity (Wildman–Crippen MR) is 72.5 cm³/mol. The van der Waals surface area contributed by atoms with Gasteiger partial charge in [-0.15, -0.1) is 0 Å². The molecule has 3 heteroatoms. The molecule has 1 aromatic carbocycles. The van der Waals surface area contributed by atoms with E-state index in [0.717, 1.165) is 18.2 Å². The Hall–Kier alpha value is -2.16. The monoisotopic (exact) mass is 254 g/mol. The van der Waals surface area contributed by atoms with E-state index in [9.17, 15) is 9.59 Å². The molecule has 0 spiro atoms. The topological polar surface area (TPSA) is 47.3 Å². The van der Waals surface area contributed by atoms with Gasteiger partial charge in [0.25, 0.3) is 0 Å². The molecule has 1 aromatic heterocycles. The lowest BCUT2D eigenvalue weighted by Gasteiger charge is -2.10. The van der Waals surface area contributed by atoms with Gasteiger partial charge in [0.15, 0.2) is 11.5 Å². The second-order valence-corrected chi connectivity index (χ2v) is 4.77. The molecule has 0 aliphatic heterocycles. The highest BCUT2D eigenvalue weighted by atomic mass is 16.3. The number of hydrogen-bond donors (Lipinski definition) is 0. The van der Waals surface area contributed by atoms with E-state index < -0.39 is 0 Å². The van der Waals surface area contributed by atoms with Crippen LogP contribution >= 0.6 is 0 Å². The number of benzene rings is 1. The lowest BCUT2D eigenvalue weighted by Crippen LogP contribution is -2.15. The molecular weight excluding hydrogens is 240 g/mol. The van der Waals surface area contributed by atoms with Crippen LogP contribution in [0.3, 0.4) is 0 Å². The number of hydrogen-bond acceptors (Lipinski definition) is 3. The second-order valence-electron chi connectivity index (χ2n) is 4.77. The van der Waals surface area contributed by atoms with E-state index in [1.165, 1.54) is 6.08 Å². The molecule has 0 fully saturated rings. The van der Waals surface area contributed by atoms with Crippen LogP contribution in [-0.2, 0) is 0 Å². The Bertz CT molecular complexity index is 704. The highest BCUT2D eigenvalue weighted by molar-refractivity contribution is 6.27. The quantitative estimate of drug-likeness (QED) is 0.833. The minimum atomic E-state index is -0.140. The van der Waals surface area contributed by atoms with Crippen LogP contribution in [0.5, 0.6) is 0 Å². The Morgan fingerprint density at radius 2 is 1.95 bits per heavy atom. The van der Waals surface area contributed by atoms with Crippen LogP contribution in [0.25, 0.3) is 11.0 Å². The van der Waals surface area contributed by atoms with Gasteiger partial charge in [-0.2, -0.15) is 0 Å². The lowest BCUT2D eigenvalue weighted by atomic mass is 9.91. The first-order valence-electron chi connectivity index (χ1n) is 6.53. The van der Waals surface area contributed by atoms with Crippen LogP contribution in [0.2, 0.25) is 0 Å². The summed E-state index contributed by atoms with van der Waals surface area (Å²) in [4.78, 5) is 24.5. The molecule has 0 radical (unpaired) electrons. The molecule has 3 rings (SSSR count). The van der Waals surface area contributed by atoms with Gasteiger partial charge in [0.1, 0.15) is 5.58 Å². The highest BCUT2D eigenvalue weighted by Crippen LogP contribution is 2.32. The van der Waals surface area contributed by atoms with Crippen molar-refractivity contribution in [1.82, 2.24) is 0 Å². The van der Waals surface area contributed by atoms with E-state index >= 15 is 0 Å². The van der Waals surface area contributed by atoms with Crippen LogP contribution in [0, 0.1) is 0 Å². The number of unbranched alkanes of at least 4 members (excludes halogenated alkanes) is 1. The molecule has 2 aromatic rings. The molecule has 19 heavy (non-hydrogen) atoms. The van der Waals surface area contributed by atoms with Gasteiger partial charge in [-0.1, -0.05) is 31.5 Å². The molecule has 1 aliphatic carbocycles. The third kappa shape index (κ3) is 1.82. The lowest BCUT2D eigenvalue weighted by molar-refractivity contribution is 0.0962. The van der Waals surface area contributed by atoms with Gasteiger partial charge in [-0.25, -0.2) is 0 Å². The van der Waals surface area contributed by atoms with Crippen LogP contribution in [-0.4, -0.2) is 11.6 Å². The zero-order chi connectivity index (χ0) is 13.4. The number of carbonyl (C=O) groups is 2.